The molecule has 0 aliphatic carbocycles. The number of fused-ring (bicyclic) bond motifs is 1. The van der Waals surface area contributed by atoms with Crippen LogP contribution in [0.4, 0.5) is 11.4 Å². The van der Waals surface area contributed by atoms with Crippen LogP contribution in [-0.2, 0) is 9.59 Å². The number of aryl methyl sites for hydroxylation is 2. The van der Waals surface area contributed by atoms with Crippen LogP contribution in [0, 0.1) is 13.8 Å². The van der Waals surface area contributed by atoms with Crippen LogP contribution in [0.3, 0.4) is 0 Å². The van der Waals surface area contributed by atoms with E-state index in [9.17, 15) is 14.4 Å². The maximum Gasteiger partial charge on any atom is 0.265 e. The molecule has 1 N–H and O–H groups in total. The number of hydrogen-bond acceptors (Lipinski definition) is 4. The predicted octanol–water partition coefficient (Wildman–Crippen LogP) is 3.26. The lowest BCUT2D eigenvalue weighted by molar-refractivity contribution is -0.121. The minimum atomic E-state index is -0.234. The van der Waals surface area contributed by atoms with Crippen molar-refractivity contribution in [2.75, 3.05) is 23.4 Å². The Morgan fingerprint density at radius 1 is 1.11 bits per heavy atom. The zero-order chi connectivity index (χ0) is 19.6. The number of hydrogen-bond donors (Lipinski definition) is 1. The Hall–Kier alpha value is -3.15. The van der Waals surface area contributed by atoms with E-state index >= 15 is 0 Å². The van der Waals surface area contributed by atoms with E-state index in [4.69, 9.17) is 4.74 Å². The quantitative estimate of drug-likeness (QED) is 0.824. The summed E-state index contributed by atoms with van der Waals surface area (Å²) in [5, 5.41) is 2.87. The van der Waals surface area contributed by atoms with Gasteiger partial charge in [-0.05, 0) is 62.2 Å². The lowest BCUT2D eigenvalue weighted by Gasteiger charge is -2.29. The van der Waals surface area contributed by atoms with E-state index in [-0.39, 0.29) is 37.2 Å². The Morgan fingerprint density at radius 3 is 2.48 bits per heavy atom. The second kappa shape index (κ2) is 7.61. The molecule has 1 aliphatic rings. The molecule has 0 saturated heterocycles. The molecule has 2 aromatic rings. The first-order chi connectivity index (χ1) is 12.8. The number of carbonyl (C=O) groups is 3. The first kappa shape index (κ1) is 18.6. The normalized spacial score (nSPS) is 13.0. The van der Waals surface area contributed by atoms with Gasteiger partial charge in [0.15, 0.2) is 12.4 Å². The van der Waals surface area contributed by atoms with Gasteiger partial charge in [-0.3, -0.25) is 14.4 Å². The Labute approximate surface area is 158 Å². The molecule has 0 bridgehead atoms. The van der Waals surface area contributed by atoms with Crippen LogP contribution in [0.2, 0.25) is 0 Å². The average molecular weight is 366 g/mol. The number of rotatable bonds is 5. The highest BCUT2D eigenvalue weighted by Crippen LogP contribution is 2.33. The highest BCUT2D eigenvalue weighted by atomic mass is 16.5. The number of anilines is 2. The number of Topliss-reactive ketones (excluding diaryl/α,β-unsaturated/α-hetero) is 1. The third kappa shape index (κ3) is 4.34. The molecule has 6 nitrogen and oxygen atoms in total. The largest absolute Gasteiger partial charge is 0.482 e. The number of nitrogens with one attached hydrogen (secondary N) is 1. The maximum atomic E-state index is 12.3. The second-order valence-corrected chi connectivity index (χ2v) is 6.75. The fourth-order valence-corrected chi connectivity index (χ4v) is 3.15. The number of ether oxygens (including phenoxy) is 1. The number of benzene rings is 2. The van der Waals surface area contributed by atoms with Gasteiger partial charge in [-0.1, -0.05) is 6.07 Å². The molecule has 0 radical (unpaired) electrons. The molecule has 1 aliphatic heterocycles. The van der Waals surface area contributed by atoms with Crippen molar-refractivity contribution in [1.29, 1.82) is 0 Å². The third-order valence-electron chi connectivity index (χ3n) is 4.38. The van der Waals surface area contributed by atoms with Crippen LogP contribution in [0.15, 0.2) is 36.4 Å². The summed E-state index contributed by atoms with van der Waals surface area (Å²) < 4.78 is 5.43. The van der Waals surface area contributed by atoms with E-state index < -0.39 is 0 Å². The average Bonchev–Trinajstić information content (AvgIpc) is 2.59. The van der Waals surface area contributed by atoms with Gasteiger partial charge >= 0.3 is 0 Å². The minimum absolute atomic E-state index is 0.0783. The number of amides is 2. The van der Waals surface area contributed by atoms with Crippen molar-refractivity contribution >= 4 is 29.0 Å². The highest BCUT2D eigenvalue weighted by molar-refractivity contribution is 6.02. The monoisotopic (exact) mass is 366 g/mol. The van der Waals surface area contributed by atoms with E-state index in [1.807, 2.05) is 32.0 Å². The topological polar surface area (TPSA) is 75.7 Å². The smallest absolute Gasteiger partial charge is 0.265 e. The number of nitrogens with zero attached hydrogens (tertiary/aromatic N) is 1. The summed E-state index contributed by atoms with van der Waals surface area (Å²) in [6, 6.07) is 10.8. The SMILES string of the molecule is CC(=O)c1ccc2c(c1)N(CCC(=O)Nc1cc(C)cc(C)c1)C(=O)CO2. The van der Waals surface area contributed by atoms with E-state index in [0.29, 0.717) is 17.0 Å². The summed E-state index contributed by atoms with van der Waals surface area (Å²) in [5.41, 5.74) is 3.90. The van der Waals surface area contributed by atoms with E-state index in [1.165, 1.54) is 11.8 Å². The van der Waals surface area contributed by atoms with Crippen LogP contribution in [-0.4, -0.2) is 30.7 Å². The van der Waals surface area contributed by atoms with Gasteiger partial charge in [-0.2, -0.15) is 0 Å². The Bertz CT molecular complexity index is 900. The van der Waals surface area contributed by atoms with Crippen molar-refractivity contribution in [1.82, 2.24) is 0 Å². The molecule has 0 atom stereocenters. The lowest BCUT2D eigenvalue weighted by Crippen LogP contribution is -2.40. The summed E-state index contributed by atoms with van der Waals surface area (Å²) in [4.78, 5) is 37.8. The van der Waals surface area contributed by atoms with Gasteiger partial charge < -0.3 is 15.0 Å². The molecule has 1 heterocycles. The second-order valence-electron chi connectivity index (χ2n) is 6.75. The fraction of sp³-hybridized carbons (Fsp3) is 0.286. The highest BCUT2D eigenvalue weighted by Gasteiger charge is 2.26. The van der Waals surface area contributed by atoms with E-state index in [2.05, 4.69) is 5.32 Å². The van der Waals surface area contributed by atoms with Gasteiger partial charge in [0.05, 0.1) is 5.69 Å². The van der Waals surface area contributed by atoms with Gasteiger partial charge in [0, 0.05) is 24.2 Å². The first-order valence-corrected chi connectivity index (χ1v) is 8.80. The van der Waals surface area contributed by atoms with Crippen LogP contribution in [0.5, 0.6) is 5.75 Å². The lowest BCUT2D eigenvalue weighted by atomic mass is 10.1. The summed E-state index contributed by atoms with van der Waals surface area (Å²) >= 11 is 0. The van der Waals surface area contributed by atoms with Gasteiger partial charge in [0.2, 0.25) is 5.91 Å². The summed E-state index contributed by atoms with van der Waals surface area (Å²) in [6.45, 7) is 5.55. The van der Waals surface area contributed by atoms with Crippen LogP contribution >= 0.6 is 0 Å². The first-order valence-electron chi connectivity index (χ1n) is 8.80. The molecule has 6 heteroatoms. The van der Waals surface area contributed by atoms with E-state index in [0.717, 1.165) is 16.8 Å². The van der Waals surface area contributed by atoms with Gasteiger partial charge in [0.1, 0.15) is 5.75 Å². The predicted molar refractivity (Wildman–Crippen MR) is 103 cm³/mol. The molecule has 3 rings (SSSR count). The van der Waals surface area contributed by atoms with Crippen molar-refractivity contribution in [2.24, 2.45) is 0 Å². The van der Waals surface area contributed by atoms with Gasteiger partial charge in [-0.15, -0.1) is 0 Å². The van der Waals surface area contributed by atoms with Gasteiger partial charge in [0.25, 0.3) is 5.91 Å². The molecule has 140 valence electrons. The molecule has 27 heavy (non-hydrogen) atoms. The standard InChI is InChI=1S/C21H22N2O4/c1-13-8-14(2)10-17(9-13)22-20(25)6-7-23-18-11-16(15(3)24)4-5-19(18)27-12-21(23)26/h4-5,8-11H,6-7,12H2,1-3H3,(H,22,25). The van der Waals surface area contributed by atoms with Crippen molar-refractivity contribution in [2.45, 2.75) is 27.2 Å². The van der Waals surface area contributed by atoms with Crippen molar-refractivity contribution < 1.29 is 19.1 Å². The molecule has 0 unspecified atom stereocenters. The number of carbonyl (C=O) groups excluding carboxylic acids is 3. The molecular formula is C21H22N2O4. The third-order valence-corrected chi connectivity index (χ3v) is 4.38. The number of ketones is 1. The minimum Gasteiger partial charge on any atom is -0.482 e. The zero-order valence-corrected chi connectivity index (χ0v) is 15.7. The van der Waals surface area contributed by atoms with Crippen molar-refractivity contribution in [3.8, 4) is 5.75 Å². The molecule has 0 saturated carbocycles. The summed E-state index contributed by atoms with van der Waals surface area (Å²) in [6.07, 6.45) is 0.141. The Kier molecular flexibility index (Phi) is 5.26. The molecule has 0 spiro atoms. The molecule has 0 fully saturated rings. The van der Waals surface area contributed by atoms with Gasteiger partial charge in [-0.25, -0.2) is 0 Å². The van der Waals surface area contributed by atoms with E-state index in [1.54, 1.807) is 18.2 Å². The molecule has 2 amide bonds. The van der Waals surface area contributed by atoms with Crippen molar-refractivity contribution in [3.05, 3.63) is 53.1 Å². The summed E-state index contributed by atoms with van der Waals surface area (Å²) in [5.74, 6) is 0.0311. The Balaban J connectivity index is 1.72. The molecule has 2 aromatic carbocycles. The maximum absolute atomic E-state index is 12.3. The summed E-state index contributed by atoms with van der Waals surface area (Å²) in [7, 11) is 0. The zero-order valence-electron chi connectivity index (χ0n) is 15.7. The molecular weight excluding hydrogens is 344 g/mol. The Morgan fingerprint density at radius 2 is 1.81 bits per heavy atom. The van der Waals surface area contributed by atoms with Crippen LogP contribution < -0.4 is 15.0 Å². The van der Waals surface area contributed by atoms with Crippen LogP contribution in [0.25, 0.3) is 0 Å². The fourth-order valence-electron chi connectivity index (χ4n) is 3.15. The van der Waals surface area contributed by atoms with Crippen LogP contribution in [0.1, 0.15) is 34.8 Å². The van der Waals surface area contributed by atoms with Crippen molar-refractivity contribution in [3.63, 3.8) is 0 Å². The molecule has 0 aromatic heterocycles.